The van der Waals surface area contributed by atoms with Crippen molar-refractivity contribution in [2.24, 2.45) is 11.1 Å². The van der Waals surface area contributed by atoms with Crippen molar-refractivity contribution >= 4 is 5.91 Å². The molecule has 0 saturated heterocycles. The zero-order chi connectivity index (χ0) is 14.8. The van der Waals surface area contributed by atoms with E-state index >= 15 is 0 Å². The summed E-state index contributed by atoms with van der Waals surface area (Å²) in [4.78, 5) is 11.8. The summed E-state index contributed by atoms with van der Waals surface area (Å²) in [7, 11) is 0. The molecular weight excluding hydrogens is 267 g/mol. The highest BCUT2D eigenvalue weighted by Crippen LogP contribution is 2.40. The highest BCUT2D eigenvalue weighted by molar-refractivity contribution is 5.81. The van der Waals surface area contributed by atoms with Gasteiger partial charge in [0.1, 0.15) is 0 Å². The Hall–Kier alpha value is -1.52. The molecule has 0 aromatic heterocycles. The Morgan fingerprint density at radius 3 is 2.40 bits per heavy atom. The summed E-state index contributed by atoms with van der Waals surface area (Å²) in [5, 5.41) is 0. The maximum atomic E-state index is 12.7. The lowest BCUT2D eigenvalue weighted by Crippen LogP contribution is -2.40. The fourth-order valence-electron chi connectivity index (χ4n) is 2.99. The molecule has 20 heavy (non-hydrogen) atoms. The fourth-order valence-corrected chi connectivity index (χ4v) is 2.99. The molecule has 1 aromatic rings. The fraction of sp³-hybridized carbons (Fsp3) is 0.533. The molecule has 1 aliphatic carbocycles. The van der Waals surface area contributed by atoms with E-state index in [1.807, 2.05) is 0 Å². The van der Waals surface area contributed by atoms with Gasteiger partial charge >= 0.3 is 6.18 Å². The van der Waals surface area contributed by atoms with Gasteiger partial charge in [-0.3, -0.25) is 4.79 Å². The van der Waals surface area contributed by atoms with Crippen LogP contribution in [0, 0.1) is 5.41 Å². The van der Waals surface area contributed by atoms with Crippen molar-refractivity contribution < 1.29 is 18.0 Å². The van der Waals surface area contributed by atoms with E-state index in [0.29, 0.717) is 24.8 Å². The number of nitrogens with two attached hydrogens (primary N) is 1. The minimum absolute atomic E-state index is 0.298. The second-order valence-electron chi connectivity index (χ2n) is 5.58. The summed E-state index contributed by atoms with van der Waals surface area (Å²) in [5.74, 6) is -0.394. The van der Waals surface area contributed by atoms with E-state index in [-0.39, 0.29) is 0 Å². The van der Waals surface area contributed by atoms with Gasteiger partial charge in [0.15, 0.2) is 0 Å². The molecule has 0 bridgehead atoms. The molecule has 1 aliphatic rings. The lowest BCUT2D eigenvalue weighted by atomic mass is 9.70. The largest absolute Gasteiger partial charge is 0.416 e. The van der Waals surface area contributed by atoms with E-state index in [1.54, 1.807) is 6.07 Å². The third-order valence-corrected chi connectivity index (χ3v) is 4.13. The van der Waals surface area contributed by atoms with Crippen LogP contribution in [-0.4, -0.2) is 5.91 Å². The summed E-state index contributed by atoms with van der Waals surface area (Å²) >= 11 is 0. The van der Waals surface area contributed by atoms with Gasteiger partial charge in [0.2, 0.25) is 5.91 Å². The number of hydrogen-bond acceptors (Lipinski definition) is 1. The molecule has 0 spiro atoms. The standard InChI is InChI=1S/C15H18F3NO/c16-15(17,18)12-6-4-5-11(9-12)10-14(13(19)20)7-2-1-3-8-14/h4-6,9H,1-3,7-8,10H2,(H2,19,20). The van der Waals surface area contributed by atoms with Crippen molar-refractivity contribution in [1.82, 2.24) is 0 Å². The minimum atomic E-state index is -4.36. The molecule has 0 heterocycles. The van der Waals surface area contributed by atoms with Crippen LogP contribution >= 0.6 is 0 Å². The van der Waals surface area contributed by atoms with Crippen LogP contribution in [0.25, 0.3) is 0 Å². The van der Waals surface area contributed by atoms with Gasteiger partial charge in [-0.2, -0.15) is 13.2 Å². The van der Waals surface area contributed by atoms with Crippen molar-refractivity contribution in [2.75, 3.05) is 0 Å². The molecule has 0 unspecified atom stereocenters. The molecule has 2 N–H and O–H groups in total. The molecule has 5 heteroatoms. The number of benzene rings is 1. The second-order valence-corrected chi connectivity index (χ2v) is 5.58. The molecule has 0 atom stereocenters. The average molecular weight is 285 g/mol. The maximum absolute atomic E-state index is 12.7. The Bertz CT molecular complexity index is 490. The first-order valence-corrected chi connectivity index (χ1v) is 6.80. The number of halogens is 3. The van der Waals surface area contributed by atoms with Crippen LogP contribution in [0.1, 0.15) is 43.2 Å². The molecule has 110 valence electrons. The molecule has 2 nitrogen and oxygen atoms in total. The third kappa shape index (κ3) is 3.14. The normalized spacial score (nSPS) is 18.8. The van der Waals surface area contributed by atoms with Crippen molar-refractivity contribution in [3.05, 3.63) is 35.4 Å². The van der Waals surface area contributed by atoms with Crippen molar-refractivity contribution in [3.63, 3.8) is 0 Å². The number of carbonyl (C=O) groups excluding carboxylic acids is 1. The topological polar surface area (TPSA) is 43.1 Å². The number of carbonyl (C=O) groups is 1. The quantitative estimate of drug-likeness (QED) is 0.904. The smallest absolute Gasteiger partial charge is 0.369 e. The van der Waals surface area contributed by atoms with Gasteiger partial charge in [-0.25, -0.2) is 0 Å². The highest BCUT2D eigenvalue weighted by Gasteiger charge is 2.38. The van der Waals surface area contributed by atoms with Crippen LogP contribution in [0.3, 0.4) is 0 Å². The summed E-state index contributed by atoms with van der Waals surface area (Å²) in [6, 6.07) is 5.19. The summed E-state index contributed by atoms with van der Waals surface area (Å²) in [6.07, 6.45) is 0.132. The summed E-state index contributed by atoms with van der Waals surface area (Å²) in [5.41, 5.74) is 4.69. The van der Waals surface area contributed by atoms with E-state index in [9.17, 15) is 18.0 Å². The lowest BCUT2D eigenvalue weighted by Gasteiger charge is -2.34. The predicted octanol–water partition coefficient (Wildman–Crippen LogP) is 3.68. The summed E-state index contributed by atoms with van der Waals surface area (Å²) in [6.45, 7) is 0. The third-order valence-electron chi connectivity index (χ3n) is 4.13. The maximum Gasteiger partial charge on any atom is 0.416 e. The average Bonchev–Trinajstić information content (AvgIpc) is 2.39. The molecular formula is C15H18F3NO. The molecule has 1 saturated carbocycles. The zero-order valence-electron chi connectivity index (χ0n) is 11.2. The van der Waals surface area contributed by atoms with Crippen LogP contribution in [0.5, 0.6) is 0 Å². The number of amides is 1. The van der Waals surface area contributed by atoms with Crippen molar-refractivity contribution in [3.8, 4) is 0 Å². The number of hydrogen-bond donors (Lipinski definition) is 1. The SMILES string of the molecule is NC(=O)C1(Cc2cccc(C(F)(F)F)c2)CCCCC1. The Morgan fingerprint density at radius 2 is 1.85 bits per heavy atom. The minimum Gasteiger partial charge on any atom is -0.369 e. The van der Waals surface area contributed by atoms with Crippen LogP contribution < -0.4 is 5.73 Å². The van der Waals surface area contributed by atoms with Crippen LogP contribution in [0.15, 0.2) is 24.3 Å². The van der Waals surface area contributed by atoms with Gasteiger partial charge in [0.25, 0.3) is 0 Å². The zero-order valence-corrected chi connectivity index (χ0v) is 11.2. The van der Waals surface area contributed by atoms with E-state index in [4.69, 9.17) is 5.73 Å². The van der Waals surface area contributed by atoms with E-state index in [1.165, 1.54) is 6.07 Å². The van der Waals surface area contributed by atoms with Gasteiger partial charge in [-0.1, -0.05) is 37.5 Å². The lowest BCUT2D eigenvalue weighted by molar-refractivity contribution is -0.137. The molecule has 2 rings (SSSR count). The van der Waals surface area contributed by atoms with Gasteiger partial charge in [0, 0.05) is 0 Å². The van der Waals surface area contributed by atoms with Crippen LogP contribution in [-0.2, 0) is 17.4 Å². The molecule has 1 aromatic carbocycles. The van der Waals surface area contributed by atoms with Gasteiger partial charge in [-0.05, 0) is 30.9 Å². The molecule has 1 amide bonds. The Kier molecular flexibility index (Phi) is 4.06. The van der Waals surface area contributed by atoms with E-state index in [2.05, 4.69) is 0 Å². The first-order valence-electron chi connectivity index (χ1n) is 6.80. The first-order chi connectivity index (χ1) is 9.33. The van der Waals surface area contributed by atoms with Gasteiger partial charge < -0.3 is 5.73 Å². The van der Waals surface area contributed by atoms with E-state index in [0.717, 1.165) is 31.4 Å². The van der Waals surface area contributed by atoms with Crippen LogP contribution in [0.4, 0.5) is 13.2 Å². The Labute approximate surface area is 116 Å². The number of alkyl halides is 3. The Morgan fingerprint density at radius 1 is 1.20 bits per heavy atom. The second kappa shape index (κ2) is 5.46. The molecule has 0 radical (unpaired) electrons. The van der Waals surface area contributed by atoms with Gasteiger partial charge in [0.05, 0.1) is 11.0 Å². The van der Waals surface area contributed by atoms with Crippen molar-refractivity contribution in [2.45, 2.75) is 44.7 Å². The monoisotopic (exact) mass is 285 g/mol. The van der Waals surface area contributed by atoms with Crippen molar-refractivity contribution in [1.29, 1.82) is 0 Å². The highest BCUT2D eigenvalue weighted by atomic mass is 19.4. The molecule has 0 aliphatic heterocycles. The van der Waals surface area contributed by atoms with E-state index < -0.39 is 23.1 Å². The van der Waals surface area contributed by atoms with Gasteiger partial charge in [-0.15, -0.1) is 0 Å². The number of rotatable bonds is 3. The number of primary amides is 1. The Balaban J connectivity index is 2.25. The first kappa shape index (κ1) is 14.9. The summed E-state index contributed by atoms with van der Waals surface area (Å²) < 4.78 is 38.1. The predicted molar refractivity (Wildman–Crippen MR) is 69.9 cm³/mol. The molecule has 1 fully saturated rings. The van der Waals surface area contributed by atoms with Crippen LogP contribution in [0.2, 0.25) is 0 Å².